The number of anilines is 1. The summed E-state index contributed by atoms with van der Waals surface area (Å²) >= 11 is 0. The Hall–Kier alpha value is -2.18. The second-order valence-electron chi connectivity index (χ2n) is 4.64. The van der Waals surface area contributed by atoms with Gasteiger partial charge >= 0.3 is 12.1 Å². The molecular weight excluding hydrogens is 255 g/mol. The molecule has 0 aliphatic rings. The molecule has 104 valence electrons. The summed E-state index contributed by atoms with van der Waals surface area (Å²) in [6, 6.07) is 1.24. The van der Waals surface area contributed by atoms with Crippen molar-refractivity contribution >= 4 is 17.7 Å². The first-order chi connectivity index (χ1) is 8.74. The fraction of sp³-hybridized carbons (Fsp3) is 0.417. The molecule has 0 aliphatic heterocycles. The lowest BCUT2D eigenvalue weighted by atomic mass is 10.2. The summed E-state index contributed by atoms with van der Waals surface area (Å²) in [6.45, 7) is 4.98. The van der Waals surface area contributed by atoms with E-state index < -0.39 is 23.6 Å². The van der Waals surface area contributed by atoms with Crippen LogP contribution >= 0.6 is 0 Å². The third-order valence-electron chi connectivity index (χ3n) is 1.94. The Morgan fingerprint density at radius 1 is 1.37 bits per heavy atom. The highest BCUT2D eigenvalue weighted by Gasteiger charge is 2.22. The maximum atomic E-state index is 13.6. The number of nitrogens with one attached hydrogen (secondary N) is 1. The normalized spacial score (nSPS) is 10.8. The summed E-state index contributed by atoms with van der Waals surface area (Å²) in [5.74, 6) is -1.78. The first-order valence-electron chi connectivity index (χ1n) is 5.47. The minimum Gasteiger partial charge on any atom is -0.465 e. The zero-order valence-corrected chi connectivity index (χ0v) is 11.1. The fourth-order valence-corrected chi connectivity index (χ4v) is 1.24. The molecular formula is C12H15FN2O4. The van der Waals surface area contributed by atoms with Gasteiger partial charge < -0.3 is 9.47 Å². The van der Waals surface area contributed by atoms with Crippen LogP contribution in [0.4, 0.5) is 14.9 Å². The van der Waals surface area contributed by atoms with Crippen LogP contribution in [0.1, 0.15) is 31.1 Å². The predicted octanol–water partition coefficient (Wildman–Crippen LogP) is 2.35. The van der Waals surface area contributed by atoms with E-state index in [-0.39, 0.29) is 11.3 Å². The molecule has 1 heterocycles. The van der Waals surface area contributed by atoms with Gasteiger partial charge in [-0.15, -0.1) is 0 Å². The molecule has 7 heteroatoms. The molecule has 0 aromatic carbocycles. The average molecular weight is 270 g/mol. The second-order valence-corrected chi connectivity index (χ2v) is 4.64. The summed E-state index contributed by atoms with van der Waals surface area (Å²) in [5, 5.41) is 2.15. The van der Waals surface area contributed by atoms with Crippen molar-refractivity contribution in [3.05, 3.63) is 23.8 Å². The summed E-state index contributed by atoms with van der Waals surface area (Å²) in [4.78, 5) is 26.4. The van der Waals surface area contributed by atoms with Gasteiger partial charge in [-0.25, -0.2) is 14.6 Å². The summed E-state index contributed by atoms with van der Waals surface area (Å²) in [6.07, 6.45) is 0.214. The Morgan fingerprint density at radius 2 is 2.00 bits per heavy atom. The van der Waals surface area contributed by atoms with Crippen LogP contribution in [0.2, 0.25) is 0 Å². The molecule has 1 amide bonds. The predicted molar refractivity (Wildman–Crippen MR) is 65.4 cm³/mol. The van der Waals surface area contributed by atoms with Gasteiger partial charge in [0.15, 0.2) is 0 Å². The molecule has 1 aromatic rings. The molecule has 6 nitrogen and oxygen atoms in total. The van der Waals surface area contributed by atoms with Crippen LogP contribution in [0, 0.1) is 5.95 Å². The number of nitrogens with zero attached hydrogens (tertiary/aromatic N) is 1. The largest absolute Gasteiger partial charge is 0.465 e. The van der Waals surface area contributed by atoms with Crippen LogP contribution in [-0.2, 0) is 9.47 Å². The van der Waals surface area contributed by atoms with E-state index in [2.05, 4.69) is 15.0 Å². The molecule has 0 bridgehead atoms. The quantitative estimate of drug-likeness (QED) is 0.659. The number of amides is 1. The van der Waals surface area contributed by atoms with Gasteiger partial charge in [-0.2, -0.15) is 4.39 Å². The maximum Gasteiger partial charge on any atom is 0.412 e. The first kappa shape index (κ1) is 14.9. The van der Waals surface area contributed by atoms with Crippen LogP contribution in [0.15, 0.2) is 12.3 Å². The van der Waals surface area contributed by atoms with E-state index in [0.717, 1.165) is 13.3 Å². The van der Waals surface area contributed by atoms with Crippen molar-refractivity contribution in [2.45, 2.75) is 26.4 Å². The lowest BCUT2D eigenvalue weighted by Gasteiger charge is -2.20. The van der Waals surface area contributed by atoms with Crippen molar-refractivity contribution in [1.82, 2.24) is 4.98 Å². The lowest BCUT2D eigenvalue weighted by Crippen LogP contribution is -2.28. The smallest absolute Gasteiger partial charge is 0.412 e. The molecule has 1 aromatic heterocycles. The number of hydrogen-bond acceptors (Lipinski definition) is 5. The monoisotopic (exact) mass is 270 g/mol. The highest BCUT2D eigenvalue weighted by atomic mass is 19.1. The fourth-order valence-electron chi connectivity index (χ4n) is 1.24. The Kier molecular flexibility index (Phi) is 4.42. The lowest BCUT2D eigenvalue weighted by molar-refractivity contribution is 0.0601. The van der Waals surface area contributed by atoms with Crippen LogP contribution < -0.4 is 5.32 Å². The van der Waals surface area contributed by atoms with Gasteiger partial charge in [0.1, 0.15) is 11.3 Å². The Morgan fingerprint density at radius 3 is 2.53 bits per heavy atom. The van der Waals surface area contributed by atoms with Gasteiger partial charge in [0.25, 0.3) is 0 Å². The van der Waals surface area contributed by atoms with Crippen LogP contribution in [0.25, 0.3) is 0 Å². The van der Waals surface area contributed by atoms with Gasteiger partial charge in [-0.05, 0) is 26.8 Å². The number of esters is 1. The number of hydrogen-bond donors (Lipinski definition) is 1. The van der Waals surface area contributed by atoms with Crippen molar-refractivity contribution in [1.29, 1.82) is 0 Å². The van der Waals surface area contributed by atoms with E-state index in [1.165, 1.54) is 6.07 Å². The van der Waals surface area contributed by atoms with Gasteiger partial charge in [0.2, 0.25) is 5.95 Å². The van der Waals surface area contributed by atoms with Crippen LogP contribution in [0.3, 0.4) is 0 Å². The van der Waals surface area contributed by atoms with Crippen LogP contribution in [-0.4, -0.2) is 29.8 Å². The number of carbonyl (C=O) groups excluding carboxylic acids is 2. The van der Waals surface area contributed by atoms with E-state index in [1.807, 2.05) is 0 Å². The van der Waals surface area contributed by atoms with Gasteiger partial charge in [-0.3, -0.25) is 5.32 Å². The van der Waals surface area contributed by atoms with E-state index in [0.29, 0.717) is 0 Å². The summed E-state index contributed by atoms with van der Waals surface area (Å²) in [7, 11) is 1.15. The molecule has 0 fully saturated rings. The number of aromatic nitrogens is 1. The van der Waals surface area contributed by atoms with E-state index >= 15 is 0 Å². The highest BCUT2D eigenvalue weighted by Crippen LogP contribution is 2.20. The zero-order valence-electron chi connectivity index (χ0n) is 11.1. The average Bonchev–Trinajstić information content (AvgIpc) is 2.28. The van der Waals surface area contributed by atoms with E-state index in [1.54, 1.807) is 20.8 Å². The number of methoxy groups -OCH3 is 1. The SMILES string of the molecule is COC(=O)c1ccnc(F)c1NC(=O)OC(C)(C)C. The summed E-state index contributed by atoms with van der Waals surface area (Å²) in [5.41, 5.74) is -1.25. The molecule has 0 unspecified atom stereocenters. The molecule has 0 aliphatic carbocycles. The van der Waals surface area contributed by atoms with E-state index in [4.69, 9.17) is 4.74 Å². The zero-order chi connectivity index (χ0) is 14.6. The first-order valence-corrected chi connectivity index (χ1v) is 5.47. The number of ether oxygens (including phenoxy) is 2. The number of pyridine rings is 1. The van der Waals surface area contributed by atoms with Gasteiger partial charge in [0, 0.05) is 6.20 Å². The van der Waals surface area contributed by atoms with E-state index in [9.17, 15) is 14.0 Å². The Bertz CT molecular complexity index is 497. The standard InChI is InChI=1S/C12H15FN2O4/c1-12(2,3)19-11(17)15-8-7(10(16)18-4)5-6-14-9(8)13/h5-6H,1-4H3,(H,15,17). The third kappa shape index (κ3) is 4.20. The second kappa shape index (κ2) is 5.64. The molecule has 0 radical (unpaired) electrons. The Balaban J connectivity index is 3.00. The molecule has 0 saturated carbocycles. The number of carbonyl (C=O) groups is 2. The van der Waals surface area contributed by atoms with Crippen LogP contribution in [0.5, 0.6) is 0 Å². The van der Waals surface area contributed by atoms with Crippen molar-refractivity contribution in [2.24, 2.45) is 0 Å². The van der Waals surface area contributed by atoms with Gasteiger partial charge in [-0.1, -0.05) is 0 Å². The summed E-state index contributed by atoms with van der Waals surface area (Å²) < 4.78 is 23.0. The molecule has 0 atom stereocenters. The van der Waals surface area contributed by atoms with Gasteiger partial charge in [0.05, 0.1) is 12.7 Å². The van der Waals surface area contributed by atoms with Crippen molar-refractivity contribution in [3.8, 4) is 0 Å². The molecule has 1 rings (SSSR count). The molecule has 19 heavy (non-hydrogen) atoms. The molecule has 0 spiro atoms. The molecule has 1 N–H and O–H groups in total. The Labute approximate surface area is 109 Å². The maximum absolute atomic E-state index is 13.6. The highest BCUT2D eigenvalue weighted by molar-refractivity contribution is 5.99. The minimum absolute atomic E-state index is 0.138. The number of halogens is 1. The van der Waals surface area contributed by atoms with Crippen molar-refractivity contribution in [3.63, 3.8) is 0 Å². The third-order valence-corrected chi connectivity index (χ3v) is 1.94. The molecule has 0 saturated heterocycles. The van der Waals surface area contributed by atoms with Crippen molar-refractivity contribution in [2.75, 3.05) is 12.4 Å². The minimum atomic E-state index is -0.992. The number of rotatable bonds is 2. The van der Waals surface area contributed by atoms with Crippen molar-refractivity contribution < 1.29 is 23.5 Å². The topological polar surface area (TPSA) is 77.5 Å².